The zero-order chi connectivity index (χ0) is 34.5. The SMILES string of the molecule is C=CC[C@@H]1C[C@]1(NC(=O)[C@@H]1C[C@@H](O/N=C/c2ccccc2-c2ccccc2)CN1C(=O)[C@@H](NC(=O)OC1CCCC1)C(C)(C)C)C(=O)O. The molecule has 5 rings (SSSR count). The van der Waals surface area contributed by atoms with Crippen molar-refractivity contribution in [3.05, 3.63) is 72.8 Å². The number of hydrogen-bond acceptors (Lipinski definition) is 7. The van der Waals surface area contributed by atoms with E-state index in [1.165, 1.54) is 4.90 Å². The zero-order valence-corrected chi connectivity index (χ0v) is 27.9. The van der Waals surface area contributed by atoms with E-state index < -0.39 is 53.0 Å². The van der Waals surface area contributed by atoms with Crippen LogP contribution in [0.5, 0.6) is 0 Å². The Kier molecular flexibility index (Phi) is 10.6. The van der Waals surface area contributed by atoms with E-state index in [0.29, 0.717) is 6.42 Å². The lowest BCUT2D eigenvalue weighted by Gasteiger charge is -2.35. The van der Waals surface area contributed by atoms with Crippen LogP contribution in [-0.2, 0) is 24.0 Å². The van der Waals surface area contributed by atoms with Crippen LogP contribution in [0.2, 0.25) is 0 Å². The number of carbonyl (C=O) groups excluding carboxylic acids is 3. The van der Waals surface area contributed by atoms with Crippen molar-refractivity contribution in [1.82, 2.24) is 15.5 Å². The van der Waals surface area contributed by atoms with Crippen LogP contribution >= 0.6 is 0 Å². The summed E-state index contributed by atoms with van der Waals surface area (Å²) in [6.45, 7) is 9.18. The van der Waals surface area contributed by atoms with E-state index in [0.717, 1.165) is 42.4 Å². The first-order chi connectivity index (χ1) is 22.9. The Balaban J connectivity index is 1.36. The molecule has 1 saturated heterocycles. The number of carboxylic acids is 1. The Morgan fingerprint density at radius 3 is 2.42 bits per heavy atom. The molecule has 256 valence electrons. The van der Waals surface area contributed by atoms with E-state index in [1.54, 1.807) is 12.3 Å². The van der Waals surface area contributed by atoms with Gasteiger partial charge in [0.25, 0.3) is 0 Å². The molecule has 0 unspecified atom stereocenters. The van der Waals surface area contributed by atoms with Crippen molar-refractivity contribution in [3.63, 3.8) is 0 Å². The summed E-state index contributed by atoms with van der Waals surface area (Å²) in [7, 11) is 0. The van der Waals surface area contributed by atoms with Crippen molar-refractivity contribution in [2.45, 2.75) is 95.5 Å². The number of benzene rings is 2. The number of carboxylic acid groups (broad SMARTS) is 1. The maximum Gasteiger partial charge on any atom is 0.408 e. The van der Waals surface area contributed by atoms with E-state index >= 15 is 0 Å². The molecule has 0 bridgehead atoms. The summed E-state index contributed by atoms with van der Waals surface area (Å²) >= 11 is 0. The minimum absolute atomic E-state index is 0.0106. The highest BCUT2D eigenvalue weighted by atomic mass is 16.6. The summed E-state index contributed by atoms with van der Waals surface area (Å²) in [5.41, 5.74) is 0.645. The molecule has 0 spiro atoms. The fourth-order valence-electron chi connectivity index (χ4n) is 6.74. The lowest BCUT2D eigenvalue weighted by molar-refractivity contribution is -0.146. The highest BCUT2D eigenvalue weighted by Gasteiger charge is 2.62. The monoisotopic (exact) mass is 658 g/mol. The standard InChI is InChI=1S/C37H46N4O7/c1-5-13-26-21-37(26,34(44)45)40-32(42)30-20-28(48-38-22-25-16-9-12-19-29(25)24-14-7-6-8-15-24)23-41(30)33(43)31(36(2,3)4)39-35(46)47-27-17-10-11-18-27/h5-9,12,14-16,19,22,26-28,30-31H,1,10-11,13,17-18,20-21,23H2,2-4H3,(H,39,46)(H,40,42)(H,44,45)/b38-22+/t26-,28-,30+,31-,37-/m1/s1. The lowest BCUT2D eigenvalue weighted by Crippen LogP contribution is -2.59. The van der Waals surface area contributed by atoms with Crippen LogP contribution in [0.25, 0.3) is 11.1 Å². The molecule has 11 heteroatoms. The van der Waals surface area contributed by atoms with Gasteiger partial charge in [0.1, 0.15) is 29.8 Å². The molecular weight excluding hydrogens is 612 g/mol. The Morgan fingerprint density at radius 1 is 1.06 bits per heavy atom. The second-order valence-electron chi connectivity index (χ2n) is 14.1. The van der Waals surface area contributed by atoms with E-state index in [2.05, 4.69) is 22.4 Å². The van der Waals surface area contributed by atoms with Crippen LogP contribution in [0.15, 0.2) is 72.4 Å². The zero-order valence-electron chi connectivity index (χ0n) is 27.9. The molecule has 1 heterocycles. The number of aliphatic carboxylic acids is 1. The number of nitrogens with zero attached hydrogens (tertiary/aromatic N) is 2. The van der Waals surface area contributed by atoms with Gasteiger partial charge in [-0.3, -0.25) is 9.59 Å². The van der Waals surface area contributed by atoms with E-state index in [1.807, 2.05) is 75.4 Å². The third-order valence-corrected chi connectivity index (χ3v) is 9.53. The number of alkyl carbamates (subject to hydrolysis) is 1. The van der Waals surface area contributed by atoms with Crippen LogP contribution in [0, 0.1) is 11.3 Å². The molecule has 2 aliphatic carbocycles. The Bertz CT molecular complexity index is 1530. The lowest BCUT2D eigenvalue weighted by atomic mass is 9.85. The molecule has 0 aromatic heterocycles. The molecule has 3 N–H and O–H groups in total. The van der Waals surface area contributed by atoms with Gasteiger partial charge in [-0.15, -0.1) is 6.58 Å². The number of ether oxygens (including phenoxy) is 1. The van der Waals surface area contributed by atoms with E-state index in [9.17, 15) is 24.3 Å². The van der Waals surface area contributed by atoms with Crippen molar-refractivity contribution in [3.8, 4) is 11.1 Å². The number of carbonyl (C=O) groups is 4. The van der Waals surface area contributed by atoms with Crippen LogP contribution in [-0.4, -0.2) is 76.5 Å². The van der Waals surface area contributed by atoms with Gasteiger partial charge in [0.2, 0.25) is 11.8 Å². The first-order valence-corrected chi connectivity index (χ1v) is 16.7. The minimum atomic E-state index is -1.43. The van der Waals surface area contributed by atoms with Gasteiger partial charge in [-0.1, -0.05) is 86.6 Å². The maximum atomic E-state index is 14.3. The number of amides is 3. The van der Waals surface area contributed by atoms with Crippen molar-refractivity contribution < 1.29 is 33.9 Å². The van der Waals surface area contributed by atoms with Crippen LogP contribution in [0.3, 0.4) is 0 Å². The summed E-state index contributed by atoms with van der Waals surface area (Å²) in [5, 5.41) is 19.8. The second kappa shape index (κ2) is 14.6. The van der Waals surface area contributed by atoms with Gasteiger partial charge in [0.15, 0.2) is 0 Å². The van der Waals surface area contributed by atoms with Gasteiger partial charge in [-0.2, -0.15) is 0 Å². The quantitative estimate of drug-likeness (QED) is 0.160. The molecule has 2 saturated carbocycles. The number of hydrogen-bond donors (Lipinski definition) is 3. The number of rotatable bonds is 12. The number of oxime groups is 1. The van der Waals surface area contributed by atoms with Crippen LogP contribution < -0.4 is 10.6 Å². The third kappa shape index (κ3) is 7.89. The Morgan fingerprint density at radius 2 is 1.75 bits per heavy atom. The number of nitrogens with one attached hydrogen (secondary N) is 2. The van der Waals surface area contributed by atoms with Gasteiger partial charge in [0.05, 0.1) is 12.8 Å². The first-order valence-electron chi connectivity index (χ1n) is 16.7. The maximum absolute atomic E-state index is 14.3. The highest BCUT2D eigenvalue weighted by molar-refractivity contribution is 5.96. The molecule has 48 heavy (non-hydrogen) atoms. The van der Waals surface area contributed by atoms with Gasteiger partial charge in [-0.05, 0) is 61.0 Å². The summed E-state index contributed by atoms with van der Waals surface area (Å²) in [6, 6.07) is 15.5. The third-order valence-electron chi connectivity index (χ3n) is 9.53. The molecule has 1 aliphatic heterocycles. The molecule has 2 aromatic carbocycles. The van der Waals surface area contributed by atoms with Crippen LogP contribution in [0.4, 0.5) is 4.79 Å². The molecule has 3 aliphatic rings. The molecule has 0 radical (unpaired) electrons. The normalized spacial score (nSPS) is 24.6. The van der Waals surface area contributed by atoms with Crippen molar-refractivity contribution >= 4 is 30.1 Å². The molecule has 5 atom stereocenters. The summed E-state index contributed by atoms with van der Waals surface area (Å²) < 4.78 is 5.60. The molecule has 3 amide bonds. The fourth-order valence-corrected chi connectivity index (χ4v) is 6.74. The topological polar surface area (TPSA) is 147 Å². The largest absolute Gasteiger partial charge is 0.479 e. The average molecular weight is 659 g/mol. The number of likely N-dealkylation sites (tertiary alicyclic amines) is 1. The molecule has 2 aromatic rings. The predicted molar refractivity (Wildman–Crippen MR) is 181 cm³/mol. The first kappa shape index (κ1) is 34.7. The summed E-state index contributed by atoms with van der Waals surface area (Å²) in [5.74, 6) is -2.50. The van der Waals surface area contributed by atoms with Gasteiger partial charge < -0.3 is 30.2 Å². The fraction of sp³-hybridized carbons (Fsp3) is 0.486. The molecular formula is C37H46N4O7. The Labute approximate surface area is 281 Å². The van der Waals surface area contributed by atoms with Gasteiger partial charge >= 0.3 is 12.1 Å². The molecule has 11 nitrogen and oxygen atoms in total. The summed E-state index contributed by atoms with van der Waals surface area (Å²) in [4.78, 5) is 60.6. The molecule has 3 fully saturated rings. The minimum Gasteiger partial charge on any atom is -0.479 e. The second-order valence-corrected chi connectivity index (χ2v) is 14.1. The van der Waals surface area contributed by atoms with Crippen molar-refractivity contribution in [2.24, 2.45) is 16.5 Å². The van der Waals surface area contributed by atoms with Crippen molar-refractivity contribution in [1.29, 1.82) is 0 Å². The van der Waals surface area contributed by atoms with Gasteiger partial charge in [-0.25, -0.2) is 9.59 Å². The summed E-state index contributed by atoms with van der Waals surface area (Å²) in [6.07, 6.45) is 6.01. The van der Waals surface area contributed by atoms with Gasteiger partial charge in [0, 0.05) is 12.0 Å². The number of allylic oxidation sites excluding steroid dienone is 1. The Hall–Kier alpha value is -4.67. The predicted octanol–water partition coefficient (Wildman–Crippen LogP) is 5.29. The van der Waals surface area contributed by atoms with E-state index in [-0.39, 0.29) is 31.4 Å². The smallest absolute Gasteiger partial charge is 0.408 e. The highest BCUT2D eigenvalue weighted by Crippen LogP contribution is 2.46. The van der Waals surface area contributed by atoms with E-state index in [4.69, 9.17) is 9.57 Å². The van der Waals surface area contributed by atoms with Crippen LogP contribution in [0.1, 0.15) is 71.3 Å². The van der Waals surface area contributed by atoms with Crippen molar-refractivity contribution in [2.75, 3.05) is 6.54 Å². The average Bonchev–Trinajstić information content (AvgIpc) is 3.34.